The van der Waals surface area contributed by atoms with Crippen molar-refractivity contribution in [3.63, 3.8) is 0 Å². The second kappa shape index (κ2) is 5.59. The van der Waals surface area contributed by atoms with E-state index in [1.807, 2.05) is 4.90 Å². The topological polar surface area (TPSA) is 20.3 Å². The van der Waals surface area contributed by atoms with Gasteiger partial charge in [0.05, 0.1) is 10.6 Å². The molecule has 1 saturated heterocycles. The Hall–Kier alpha value is -0.250. The molecule has 1 heterocycles. The molecule has 0 aromatic heterocycles. The third-order valence-corrected chi connectivity index (χ3v) is 4.29. The molecule has 5 heteroatoms. The van der Waals surface area contributed by atoms with Gasteiger partial charge in [0.2, 0.25) is 0 Å². The van der Waals surface area contributed by atoms with E-state index in [1.54, 1.807) is 18.2 Å². The molecule has 1 atom stereocenters. The van der Waals surface area contributed by atoms with Gasteiger partial charge < -0.3 is 4.90 Å². The molecule has 17 heavy (non-hydrogen) atoms. The minimum Gasteiger partial charge on any atom is -0.335 e. The molecule has 0 saturated carbocycles. The van der Waals surface area contributed by atoms with Crippen LogP contribution < -0.4 is 0 Å². The van der Waals surface area contributed by atoms with E-state index in [1.165, 1.54) is 0 Å². The summed E-state index contributed by atoms with van der Waals surface area (Å²) in [6.07, 6.45) is 2.08. The maximum Gasteiger partial charge on any atom is 0.255 e. The number of rotatable bonds is 2. The summed E-state index contributed by atoms with van der Waals surface area (Å²) < 4.78 is 0. The number of benzene rings is 1. The van der Waals surface area contributed by atoms with Crippen LogP contribution in [-0.4, -0.2) is 28.7 Å². The Kier molecular flexibility index (Phi) is 4.34. The lowest BCUT2D eigenvalue weighted by atomic mass is 10.2. The molecule has 2 nitrogen and oxygen atoms in total. The molecule has 1 aliphatic rings. The first-order chi connectivity index (χ1) is 8.13. The maximum absolute atomic E-state index is 12.4. The highest BCUT2D eigenvalue weighted by atomic mass is 79.9. The molecule has 0 aliphatic carbocycles. The maximum atomic E-state index is 12.4. The fourth-order valence-electron chi connectivity index (χ4n) is 2.08. The molecule has 0 bridgehead atoms. The van der Waals surface area contributed by atoms with Crippen molar-refractivity contribution in [3.05, 3.63) is 33.8 Å². The molecule has 2 rings (SSSR count). The van der Waals surface area contributed by atoms with Gasteiger partial charge in [-0.3, -0.25) is 4.79 Å². The zero-order chi connectivity index (χ0) is 12.4. The van der Waals surface area contributed by atoms with Crippen molar-refractivity contribution in [1.82, 2.24) is 4.90 Å². The van der Waals surface area contributed by atoms with E-state index < -0.39 is 0 Å². The minimum atomic E-state index is -0.0283. The second-order valence-electron chi connectivity index (χ2n) is 4.07. The average molecular weight is 337 g/mol. The summed E-state index contributed by atoms with van der Waals surface area (Å²) in [7, 11) is 0. The van der Waals surface area contributed by atoms with Gasteiger partial charge in [-0.05, 0) is 31.0 Å². The number of alkyl halides is 1. The van der Waals surface area contributed by atoms with Crippen LogP contribution in [0, 0.1) is 0 Å². The Bertz CT molecular complexity index is 439. The van der Waals surface area contributed by atoms with Crippen molar-refractivity contribution < 1.29 is 4.79 Å². The molecule has 1 aromatic rings. The average Bonchev–Trinajstić information content (AvgIpc) is 2.79. The van der Waals surface area contributed by atoms with Crippen LogP contribution in [0.3, 0.4) is 0 Å². The van der Waals surface area contributed by atoms with Gasteiger partial charge >= 0.3 is 0 Å². The van der Waals surface area contributed by atoms with Gasteiger partial charge in [-0.15, -0.1) is 0 Å². The molecule has 92 valence electrons. The smallest absolute Gasteiger partial charge is 0.255 e. The van der Waals surface area contributed by atoms with Gasteiger partial charge in [0.1, 0.15) is 0 Å². The summed E-state index contributed by atoms with van der Waals surface area (Å²) >= 11 is 15.4. The lowest BCUT2D eigenvalue weighted by molar-refractivity contribution is 0.0750. The van der Waals surface area contributed by atoms with E-state index >= 15 is 0 Å². The Labute approximate surface area is 119 Å². The lowest BCUT2D eigenvalue weighted by Gasteiger charge is -2.23. The van der Waals surface area contributed by atoms with E-state index in [0.717, 1.165) is 24.7 Å². The summed E-state index contributed by atoms with van der Waals surface area (Å²) in [5.74, 6) is -0.0283. The Morgan fingerprint density at radius 2 is 2.24 bits per heavy atom. The zero-order valence-corrected chi connectivity index (χ0v) is 12.2. The molecular weight excluding hydrogens is 325 g/mol. The van der Waals surface area contributed by atoms with Crippen LogP contribution in [-0.2, 0) is 0 Å². The monoisotopic (exact) mass is 335 g/mol. The number of amides is 1. The quantitative estimate of drug-likeness (QED) is 0.748. The molecule has 0 spiro atoms. The Morgan fingerprint density at radius 3 is 2.94 bits per heavy atom. The van der Waals surface area contributed by atoms with Gasteiger partial charge in [-0.1, -0.05) is 39.1 Å². The van der Waals surface area contributed by atoms with E-state index in [0.29, 0.717) is 15.6 Å². The summed E-state index contributed by atoms with van der Waals surface area (Å²) in [5.41, 5.74) is 0.493. The third-order valence-electron chi connectivity index (χ3n) is 2.97. The molecule has 0 N–H and O–H groups in total. The normalized spacial score (nSPS) is 19.7. The van der Waals surface area contributed by atoms with Crippen LogP contribution in [0.25, 0.3) is 0 Å². The van der Waals surface area contributed by atoms with Crippen molar-refractivity contribution in [2.45, 2.75) is 18.9 Å². The molecule has 1 aliphatic heterocycles. The summed E-state index contributed by atoms with van der Waals surface area (Å²) in [4.78, 5) is 14.2. The van der Waals surface area contributed by atoms with Crippen molar-refractivity contribution >= 4 is 45.0 Å². The van der Waals surface area contributed by atoms with Crippen molar-refractivity contribution in [2.75, 3.05) is 11.9 Å². The van der Waals surface area contributed by atoms with Gasteiger partial charge in [-0.2, -0.15) is 0 Å². The van der Waals surface area contributed by atoms with E-state index in [9.17, 15) is 4.79 Å². The highest BCUT2D eigenvalue weighted by Crippen LogP contribution is 2.26. The van der Waals surface area contributed by atoms with Crippen LogP contribution in [0.15, 0.2) is 18.2 Å². The lowest BCUT2D eigenvalue weighted by Crippen LogP contribution is -2.36. The minimum absolute atomic E-state index is 0.0283. The molecule has 0 radical (unpaired) electrons. The van der Waals surface area contributed by atoms with Gasteiger partial charge in [0, 0.05) is 22.9 Å². The summed E-state index contributed by atoms with van der Waals surface area (Å²) in [5, 5.41) is 1.80. The molecule has 1 amide bonds. The summed E-state index contributed by atoms with van der Waals surface area (Å²) in [6.45, 7) is 0.790. The van der Waals surface area contributed by atoms with Crippen LogP contribution in [0.4, 0.5) is 0 Å². The number of hydrogen-bond donors (Lipinski definition) is 0. The Balaban J connectivity index is 2.27. The fraction of sp³-hybridized carbons (Fsp3) is 0.417. The number of nitrogens with zero attached hydrogens (tertiary/aromatic N) is 1. The first-order valence-electron chi connectivity index (χ1n) is 5.45. The van der Waals surface area contributed by atoms with Gasteiger partial charge in [0.15, 0.2) is 0 Å². The third kappa shape index (κ3) is 2.78. The second-order valence-corrected chi connectivity index (χ2v) is 5.56. The molecule has 1 fully saturated rings. The number of likely N-dealkylation sites (tertiary alicyclic amines) is 1. The number of carbonyl (C=O) groups excluding carboxylic acids is 1. The SMILES string of the molecule is O=C(c1cc(Cl)ccc1Cl)N1CCCC1CBr. The van der Waals surface area contributed by atoms with Crippen molar-refractivity contribution in [3.8, 4) is 0 Å². The number of carbonyl (C=O) groups is 1. The van der Waals surface area contributed by atoms with Crippen LogP contribution in [0.5, 0.6) is 0 Å². The van der Waals surface area contributed by atoms with Crippen molar-refractivity contribution in [2.24, 2.45) is 0 Å². The Morgan fingerprint density at radius 1 is 1.47 bits per heavy atom. The highest BCUT2D eigenvalue weighted by Gasteiger charge is 2.29. The predicted octanol–water partition coefficient (Wildman–Crippen LogP) is 3.99. The fourth-order valence-corrected chi connectivity index (χ4v) is 3.12. The number of hydrogen-bond acceptors (Lipinski definition) is 1. The first-order valence-corrected chi connectivity index (χ1v) is 7.33. The zero-order valence-electron chi connectivity index (χ0n) is 9.13. The number of halogens is 3. The van der Waals surface area contributed by atoms with Gasteiger partial charge in [0.25, 0.3) is 5.91 Å². The van der Waals surface area contributed by atoms with E-state index in [4.69, 9.17) is 23.2 Å². The standard InChI is InChI=1S/C12H12BrCl2NO/c13-7-9-2-1-5-16(9)12(17)10-6-8(14)3-4-11(10)15/h3-4,6,9H,1-2,5,7H2. The predicted molar refractivity (Wildman–Crippen MR) is 74.3 cm³/mol. The van der Waals surface area contributed by atoms with E-state index in [2.05, 4.69) is 15.9 Å². The summed E-state index contributed by atoms with van der Waals surface area (Å²) in [6, 6.07) is 5.25. The highest BCUT2D eigenvalue weighted by molar-refractivity contribution is 9.09. The van der Waals surface area contributed by atoms with Crippen molar-refractivity contribution in [1.29, 1.82) is 0 Å². The molecule has 1 aromatic carbocycles. The first kappa shape index (κ1) is 13.2. The van der Waals surface area contributed by atoms with Crippen LogP contribution >= 0.6 is 39.1 Å². The molecular formula is C12H12BrCl2NO. The molecule has 1 unspecified atom stereocenters. The van der Waals surface area contributed by atoms with Gasteiger partial charge in [-0.25, -0.2) is 0 Å². The van der Waals surface area contributed by atoms with E-state index in [-0.39, 0.29) is 11.9 Å². The van der Waals surface area contributed by atoms with Crippen LogP contribution in [0.1, 0.15) is 23.2 Å². The van der Waals surface area contributed by atoms with Crippen LogP contribution in [0.2, 0.25) is 10.0 Å². The largest absolute Gasteiger partial charge is 0.335 e.